The topological polar surface area (TPSA) is 72.6 Å². The first kappa shape index (κ1) is 14.0. The van der Waals surface area contributed by atoms with Gasteiger partial charge in [-0.2, -0.15) is 0 Å². The van der Waals surface area contributed by atoms with Crippen LogP contribution in [0.1, 0.15) is 26.7 Å². The number of carbonyl (C=O) groups is 2. The smallest absolute Gasteiger partial charge is 0.308 e. The molecule has 0 radical (unpaired) electrons. The average Bonchev–Trinajstić information content (AvgIpc) is 2.36. The Hall–Kier alpha value is -1.10. The van der Waals surface area contributed by atoms with Crippen molar-refractivity contribution in [3.8, 4) is 0 Å². The molecular weight excluding hydrogens is 220 g/mol. The number of likely N-dealkylation sites (tertiary alicyclic amines) is 1. The molecule has 1 aliphatic rings. The van der Waals surface area contributed by atoms with Crippen molar-refractivity contribution >= 4 is 11.9 Å². The molecule has 0 spiro atoms. The summed E-state index contributed by atoms with van der Waals surface area (Å²) in [7, 11) is 1.40. The molecule has 1 rings (SSSR count). The molecule has 0 aromatic heterocycles. The lowest BCUT2D eigenvalue weighted by Crippen LogP contribution is -2.46. The molecule has 2 N–H and O–H groups in total. The first-order valence-electron chi connectivity index (χ1n) is 6.09. The number of nitrogens with two attached hydrogens (primary N) is 1. The number of hydrogen-bond donors (Lipinski definition) is 1. The summed E-state index contributed by atoms with van der Waals surface area (Å²) in [4.78, 5) is 25.2. The lowest BCUT2D eigenvalue weighted by molar-refractivity contribution is -0.149. The molecule has 0 bridgehead atoms. The maximum Gasteiger partial charge on any atom is 0.308 e. The summed E-state index contributed by atoms with van der Waals surface area (Å²) in [5.41, 5.74) is 5.72. The molecule has 0 aromatic rings. The van der Waals surface area contributed by atoms with Crippen LogP contribution in [-0.2, 0) is 14.3 Å². The Kier molecular flexibility index (Phi) is 4.93. The van der Waals surface area contributed by atoms with Gasteiger partial charge in [0.2, 0.25) is 5.91 Å². The first-order valence-corrected chi connectivity index (χ1v) is 6.09. The number of hydrogen-bond acceptors (Lipinski definition) is 4. The van der Waals surface area contributed by atoms with E-state index in [-0.39, 0.29) is 29.8 Å². The number of amides is 1. The minimum atomic E-state index is -0.169. The van der Waals surface area contributed by atoms with E-state index in [0.717, 1.165) is 0 Å². The van der Waals surface area contributed by atoms with E-state index in [1.807, 2.05) is 13.8 Å². The van der Waals surface area contributed by atoms with Crippen LogP contribution in [-0.4, -0.2) is 43.0 Å². The molecule has 1 fully saturated rings. The molecule has 2 unspecified atom stereocenters. The maximum absolute atomic E-state index is 12.0. The molecule has 1 amide bonds. The number of esters is 1. The molecule has 2 atom stereocenters. The Balaban J connectivity index is 2.47. The van der Waals surface area contributed by atoms with Gasteiger partial charge in [-0.15, -0.1) is 0 Å². The number of rotatable bonds is 3. The van der Waals surface area contributed by atoms with Crippen LogP contribution < -0.4 is 5.73 Å². The summed E-state index contributed by atoms with van der Waals surface area (Å²) in [5.74, 6) is -0.306. The zero-order chi connectivity index (χ0) is 13.0. The van der Waals surface area contributed by atoms with E-state index in [4.69, 9.17) is 10.5 Å². The van der Waals surface area contributed by atoms with Crippen LogP contribution in [0.3, 0.4) is 0 Å². The molecule has 1 aliphatic heterocycles. The van der Waals surface area contributed by atoms with Gasteiger partial charge in [0.15, 0.2) is 0 Å². The van der Waals surface area contributed by atoms with Crippen LogP contribution in [0.15, 0.2) is 0 Å². The molecule has 98 valence electrons. The predicted octanol–water partition coefficient (Wildman–Crippen LogP) is 0.381. The van der Waals surface area contributed by atoms with Crippen LogP contribution in [0, 0.1) is 11.8 Å². The maximum atomic E-state index is 12.0. The minimum Gasteiger partial charge on any atom is -0.469 e. The lowest BCUT2D eigenvalue weighted by Gasteiger charge is -2.33. The highest BCUT2D eigenvalue weighted by atomic mass is 16.5. The highest BCUT2D eigenvalue weighted by molar-refractivity contribution is 5.79. The number of nitrogens with zero attached hydrogens (tertiary/aromatic N) is 1. The SMILES string of the molecule is COC(=O)C1CCN(C(=O)C(C)C(C)N)CC1. The second kappa shape index (κ2) is 6.00. The Labute approximate surface area is 102 Å². The van der Waals surface area contributed by atoms with E-state index >= 15 is 0 Å². The van der Waals surface area contributed by atoms with Gasteiger partial charge in [0.1, 0.15) is 0 Å². The van der Waals surface area contributed by atoms with Crippen molar-refractivity contribution in [2.75, 3.05) is 20.2 Å². The summed E-state index contributed by atoms with van der Waals surface area (Å²) in [5, 5.41) is 0. The molecule has 0 aliphatic carbocycles. The monoisotopic (exact) mass is 242 g/mol. The highest BCUT2D eigenvalue weighted by Gasteiger charge is 2.30. The number of carbonyl (C=O) groups excluding carboxylic acids is 2. The molecule has 0 saturated carbocycles. The van der Waals surface area contributed by atoms with Crippen molar-refractivity contribution in [3.63, 3.8) is 0 Å². The van der Waals surface area contributed by atoms with E-state index in [2.05, 4.69) is 0 Å². The average molecular weight is 242 g/mol. The van der Waals surface area contributed by atoms with Crippen molar-refractivity contribution < 1.29 is 14.3 Å². The van der Waals surface area contributed by atoms with E-state index in [9.17, 15) is 9.59 Å². The molecule has 17 heavy (non-hydrogen) atoms. The summed E-state index contributed by atoms with van der Waals surface area (Å²) in [6.07, 6.45) is 1.37. The van der Waals surface area contributed by atoms with E-state index in [1.54, 1.807) is 4.90 Å². The Morgan fingerprint density at radius 3 is 2.24 bits per heavy atom. The summed E-state index contributed by atoms with van der Waals surface area (Å²) < 4.78 is 4.71. The fourth-order valence-electron chi connectivity index (χ4n) is 2.02. The van der Waals surface area contributed by atoms with Crippen molar-refractivity contribution in [2.24, 2.45) is 17.6 Å². The molecular formula is C12H22N2O3. The fourth-order valence-corrected chi connectivity index (χ4v) is 2.02. The van der Waals surface area contributed by atoms with Gasteiger partial charge in [0, 0.05) is 19.1 Å². The van der Waals surface area contributed by atoms with E-state index in [1.165, 1.54) is 7.11 Å². The van der Waals surface area contributed by atoms with Crippen LogP contribution in [0.25, 0.3) is 0 Å². The standard InChI is InChI=1S/C12H22N2O3/c1-8(9(2)13)11(15)14-6-4-10(5-7-14)12(16)17-3/h8-10H,4-7,13H2,1-3H3. The summed E-state index contributed by atoms with van der Waals surface area (Å²) in [6.45, 7) is 4.93. The van der Waals surface area contributed by atoms with E-state index < -0.39 is 0 Å². The van der Waals surface area contributed by atoms with Gasteiger partial charge in [-0.05, 0) is 19.8 Å². The number of piperidine rings is 1. The predicted molar refractivity (Wildman–Crippen MR) is 64.1 cm³/mol. The third kappa shape index (κ3) is 3.43. The van der Waals surface area contributed by atoms with Crippen LogP contribution in [0.2, 0.25) is 0 Å². The van der Waals surface area contributed by atoms with Gasteiger partial charge < -0.3 is 15.4 Å². The Morgan fingerprint density at radius 2 is 1.82 bits per heavy atom. The van der Waals surface area contributed by atoms with Crippen molar-refractivity contribution in [3.05, 3.63) is 0 Å². The van der Waals surface area contributed by atoms with Crippen molar-refractivity contribution in [2.45, 2.75) is 32.7 Å². The van der Waals surface area contributed by atoms with Gasteiger partial charge in [0.25, 0.3) is 0 Å². The second-order valence-electron chi connectivity index (χ2n) is 4.77. The molecule has 5 heteroatoms. The largest absolute Gasteiger partial charge is 0.469 e. The fraction of sp³-hybridized carbons (Fsp3) is 0.833. The summed E-state index contributed by atoms with van der Waals surface area (Å²) in [6, 6.07) is -0.138. The number of ether oxygens (including phenoxy) is 1. The number of methoxy groups -OCH3 is 1. The van der Waals surface area contributed by atoms with Crippen molar-refractivity contribution in [1.29, 1.82) is 0 Å². The highest BCUT2D eigenvalue weighted by Crippen LogP contribution is 2.20. The van der Waals surface area contributed by atoms with Crippen LogP contribution in [0.4, 0.5) is 0 Å². The third-order valence-electron chi connectivity index (χ3n) is 3.52. The Morgan fingerprint density at radius 1 is 1.29 bits per heavy atom. The minimum absolute atomic E-state index is 0.0605. The zero-order valence-electron chi connectivity index (χ0n) is 10.8. The Bertz CT molecular complexity index is 283. The van der Waals surface area contributed by atoms with Gasteiger partial charge >= 0.3 is 5.97 Å². The van der Waals surface area contributed by atoms with Gasteiger partial charge in [-0.1, -0.05) is 6.92 Å². The quantitative estimate of drug-likeness (QED) is 0.726. The molecule has 1 saturated heterocycles. The second-order valence-corrected chi connectivity index (χ2v) is 4.77. The van der Waals surface area contributed by atoms with Crippen molar-refractivity contribution in [1.82, 2.24) is 4.90 Å². The van der Waals surface area contributed by atoms with Gasteiger partial charge in [-0.25, -0.2) is 0 Å². The molecule has 0 aromatic carbocycles. The van der Waals surface area contributed by atoms with Crippen LogP contribution >= 0.6 is 0 Å². The molecule has 1 heterocycles. The summed E-state index contributed by atoms with van der Waals surface area (Å²) >= 11 is 0. The first-order chi connectivity index (χ1) is 7.97. The normalized spacial score (nSPS) is 20.8. The lowest BCUT2D eigenvalue weighted by atomic mass is 9.95. The van der Waals surface area contributed by atoms with Gasteiger partial charge in [0.05, 0.1) is 18.9 Å². The molecule has 5 nitrogen and oxygen atoms in total. The van der Waals surface area contributed by atoms with Crippen LogP contribution in [0.5, 0.6) is 0 Å². The zero-order valence-corrected chi connectivity index (χ0v) is 10.8. The van der Waals surface area contributed by atoms with E-state index in [0.29, 0.717) is 25.9 Å². The third-order valence-corrected chi connectivity index (χ3v) is 3.52. The van der Waals surface area contributed by atoms with Gasteiger partial charge in [-0.3, -0.25) is 9.59 Å².